The molecule has 4 rings (SSSR count). The molecule has 3 aromatic rings. The summed E-state index contributed by atoms with van der Waals surface area (Å²) in [7, 11) is 1.42. The van der Waals surface area contributed by atoms with Gasteiger partial charge in [-0.15, -0.1) is 0 Å². The number of ether oxygens (including phenoxy) is 4. The molecule has 210 valence electrons. The van der Waals surface area contributed by atoms with Crippen LogP contribution >= 0.6 is 22.9 Å². The third-order valence-electron chi connectivity index (χ3n) is 5.89. The van der Waals surface area contributed by atoms with Crippen molar-refractivity contribution in [3.05, 3.63) is 89.3 Å². The summed E-state index contributed by atoms with van der Waals surface area (Å²) in [6.07, 6.45) is 1.61. The highest BCUT2D eigenvalue weighted by molar-refractivity contribution is 7.07. The van der Waals surface area contributed by atoms with Gasteiger partial charge >= 0.3 is 11.9 Å². The van der Waals surface area contributed by atoms with Crippen molar-refractivity contribution in [3.8, 4) is 11.5 Å². The van der Waals surface area contributed by atoms with Crippen molar-refractivity contribution >= 4 is 41.0 Å². The molecule has 2 aromatic carbocycles. The fourth-order valence-electron chi connectivity index (χ4n) is 4.20. The van der Waals surface area contributed by atoms with Crippen LogP contribution < -0.4 is 24.4 Å². The van der Waals surface area contributed by atoms with Gasteiger partial charge in [-0.25, -0.2) is 19.0 Å². The predicted octanol–water partition coefficient (Wildman–Crippen LogP) is 3.54. The topological polar surface area (TPSA) is 105 Å². The van der Waals surface area contributed by atoms with Gasteiger partial charge in [0.15, 0.2) is 22.9 Å². The lowest BCUT2D eigenvalue weighted by Gasteiger charge is -2.24. The van der Waals surface area contributed by atoms with Gasteiger partial charge in [0.25, 0.3) is 5.56 Å². The first kappa shape index (κ1) is 29.0. The summed E-state index contributed by atoms with van der Waals surface area (Å²) >= 11 is 7.56. The second kappa shape index (κ2) is 12.5. The first-order valence-electron chi connectivity index (χ1n) is 12.3. The maximum absolute atomic E-state index is 13.7. The number of hydrogen-bond acceptors (Lipinski definition) is 9. The fourth-order valence-corrected chi connectivity index (χ4v) is 5.52. The molecule has 1 aliphatic heterocycles. The smallest absolute Gasteiger partial charge is 0.344 e. The number of halogens is 2. The number of benzene rings is 2. The van der Waals surface area contributed by atoms with Gasteiger partial charge < -0.3 is 18.9 Å². The van der Waals surface area contributed by atoms with E-state index in [1.165, 1.54) is 35.9 Å². The van der Waals surface area contributed by atoms with Crippen molar-refractivity contribution in [1.82, 2.24) is 4.57 Å². The van der Waals surface area contributed by atoms with E-state index in [4.69, 9.17) is 30.5 Å². The van der Waals surface area contributed by atoms with E-state index < -0.39 is 29.4 Å². The summed E-state index contributed by atoms with van der Waals surface area (Å²) in [5.74, 6) is -1.21. The average Bonchev–Trinajstić information content (AvgIpc) is 3.21. The molecule has 2 heterocycles. The van der Waals surface area contributed by atoms with E-state index in [2.05, 4.69) is 4.99 Å². The standard InChI is InChI=1S/C28H26ClFN2O7S/c1-5-37-22(33)14-39-25-19(29)11-16(12-20(25)36-4)13-21-26(34)32-24(17-7-9-18(30)10-8-17)23(27(35)38-6-2)15(3)31-28(32)40-21/h7-13,24H,5-6,14H2,1-4H3/b21-13-/t24-/m1/s1. The number of methoxy groups -OCH3 is 1. The van der Waals surface area contributed by atoms with Crippen molar-refractivity contribution in [1.29, 1.82) is 0 Å². The molecule has 0 bridgehead atoms. The number of carbonyl (C=O) groups excluding carboxylic acids is 2. The maximum atomic E-state index is 13.7. The van der Waals surface area contributed by atoms with Crippen molar-refractivity contribution < 1.29 is 32.9 Å². The van der Waals surface area contributed by atoms with Gasteiger partial charge in [0.05, 0.1) is 47.2 Å². The minimum Gasteiger partial charge on any atom is -0.493 e. The number of rotatable bonds is 9. The maximum Gasteiger partial charge on any atom is 0.344 e. The van der Waals surface area contributed by atoms with Crippen LogP contribution in [0.25, 0.3) is 6.08 Å². The molecule has 0 saturated carbocycles. The number of nitrogens with zero attached hydrogens (tertiary/aromatic N) is 2. The Hall–Kier alpha value is -3.96. The summed E-state index contributed by atoms with van der Waals surface area (Å²) in [4.78, 5) is 43.3. The van der Waals surface area contributed by atoms with Crippen molar-refractivity contribution in [3.63, 3.8) is 0 Å². The summed E-state index contributed by atoms with van der Waals surface area (Å²) in [6.45, 7) is 5.03. The minimum absolute atomic E-state index is 0.137. The van der Waals surface area contributed by atoms with Crippen molar-refractivity contribution in [2.24, 2.45) is 4.99 Å². The molecule has 0 N–H and O–H groups in total. The van der Waals surface area contributed by atoms with Gasteiger partial charge in [-0.1, -0.05) is 35.1 Å². The lowest BCUT2D eigenvalue weighted by molar-refractivity contribution is -0.145. The van der Waals surface area contributed by atoms with Gasteiger partial charge in [-0.05, 0) is 62.2 Å². The Morgan fingerprint density at radius 2 is 1.85 bits per heavy atom. The molecule has 12 heteroatoms. The Morgan fingerprint density at radius 3 is 2.50 bits per heavy atom. The lowest BCUT2D eigenvalue weighted by atomic mass is 9.96. The number of thiazole rings is 1. The first-order chi connectivity index (χ1) is 19.2. The second-order valence-corrected chi connectivity index (χ2v) is 9.90. The molecule has 0 fully saturated rings. The van der Waals surface area contributed by atoms with E-state index in [0.717, 1.165) is 11.3 Å². The zero-order valence-corrected chi connectivity index (χ0v) is 23.7. The SMILES string of the molecule is CCOC(=O)COc1c(Cl)cc(/C=c2\sc3n(c2=O)[C@H](c2ccc(F)cc2)C(C(=O)OCC)=C(C)N=3)cc1OC. The van der Waals surface area contributed by atoms with Crippen LogP contribution in [0, 0.1) is 5.82 Å². The van der Waals surface area contributed by atoms with Crippen LogP contribution in [0.3, 0.4) is 0 Å². The van der Waals surface area contributed by atoms with Crippen LogP contribution in [0.2, 0.25) is 5.02 Å². The Kier molecular flexibility index (Phi) is 9.06. The minimum atomic E-state index is -0.866. The Bertz CT molecular complexity index is 1660. The van der Waals surface area contributed by atoms with Crippen LogP contribution in [-0.4, -0.2) is 43.4 Å². The molecule has 0 radical (unpaired) electrons. The zero-order valence-electron chi connectivity index (χ0n) is 22.2. The second-order valence-electron chi connectivity index (χ2n) is 8.48. The Balaban J connectivity index is 1.82. The summed E-state index contributed by atoms with van der Waals surface area (Å²) in [6, 6.07) is 7.89. The van der Waals surface area contributed by atoms with E-state index in [1.54, 1.807) is 39.0 Å². The van der Waals surface area contributed by atoms with Crippen LogP contribution in [0.4, 0.5) is 4.39 Å². The largest absolute Gasteiger partial charge is 0.493 e. The summed E-state index contributed by atoms with van der Waals surface area (Å²) in [5.41, 5.74) is 1.23. The zero-order chi connectivity index (χ0) is 29.0. The predicted molar refractivity (Wildman–Crippen MR) is 147 cm³/mol. The molecule has 40 heavy (non-hydrogen) atoms. The third kappa shape index (κ3) is 5.95. The number of hydrogen-bond donors (Lipinski definition) is 0. The molecule has 1 atom stereocenters. The number of fused-ring (bicyclic) bond motifs is 1. The summed E-state index contributed by atoms with van der Waals surface area (Å²) < 4.78 is 36.5. The highest BCUT2D eigenvalue weighted by Crippen LogP contribution is 2.37. The molecule has 0 amide bonds. The van der Waals surface area contributed by atoms with E-state index in [0.29, 0.717) is 26.2 Å². The molecule has 0 saturated heterocycles. The normalized spacial score (nSPS) is 14.8. The van der Waals surface area contributed by atoms with E-state index in [1.807, 2.05) is 0 Å². The highest BCUT2D eigenvalue weighted by atomic mass is 35.5. The first-order valence-corrected chi connectivity index (χ1v) is 13.5. The third-order valence-corrected chi connectivity index (χ3v) is 7.16. The van der Waals surface area contributed by atoms with Crippen LogP contribution in [0.1, 0.15) is 37.9 Å². The number of aromatic nitrogens is 1. The fraction of sp³-hybridized carbons (Fsp3) is 0.286. The van der Waals surface area contributed by atoms with Crippen LogP contribution in [0.15, 0.2) is 57.5 Å². The van der Waals surface area contributed by atoms with E-state index >= 15 is 0 Å². The van der Waals surface area contributed by atoms with Gasteiger partial charge in [-0.2, -0.15) is 0 Å². The number of esters is 2. The van der Waals surface area contributed by atoms with E-state index in [-0.39, 0.29) is 41.9 Å². The molecular weight excluding hydrogens is 563 g/mol. The lowest BCUT2D eigenvalue weighted by Crippen LogP contribution is -2.39. The number of carbonyl (C=O) groups is 2. The van der Waals surface area contributed by atoms with Crippen molar-refractivity contribution in [2.45, 2.75) is 26.8 Å². The molecule has 0 spiro atoms. The van der Waals surface area contributed by atoms with Gasteiger partial charge in [0, 0.05) is 0 Å². The highest BCUT2D eigenvalue weighted by Gasteiger charge is 2.33. The van der Waals surface area contributed by atoms with Crippen molar-refractivity contribution in [2.75, 3.05) is 26.9 Å². The quantitative estimate of drug-likeness (QED) is 0.352. The molecule has 1 aliphatic rings. The molecule has 0 unspecified atom stereocenters. The van der Waals surface area contributed by atoms with Gasteiger partial charge in [-0.3, -0.25) is 9.36 Å². The Labute approximate surface area is 237 Å². The monoisotopic (exact) mass is 588 g/mol. The molecular formula is C28H26ClFN2O7S. The average molecular weight is 589 g/mol. The van der Waals surface area contributed by atoms with Crippen LogP contribution in [0.5, 0.6) is 11.5 Å². The van der Waals surface area contributed by atoms with Crippen LogP contribution in [-0.2, 0) is 19.1 Å². The Morgan fingerprint density at radius 1 is 1.15 bits per heavy atom. The molecule has 1 aromatic heterocycles. The molecule has 0 aliphatic carbocycles. The van der Waals surface area contributed by atoms with Gasteiger partial charge in [0.2, 0.25) is 0 Å². The molecule has 9 nitrogen and oxygen atoms in total. The van der Waals surface area contributed by atoms with E-state index in [9.17, 15) is 18.8 Å². The van der Waals surface area contributed by atoms with Gasteiger partial charge in [0.1, 0.15) is 5.82 Å². The number of allylic oxidation sites excluding steroid dienone is 1. The summed E-state index contributed by atoms with van der Waals surface area (Å²) in [5, 5.41) is 0.160.